The largest absolute Gasteiger partial charge is 0.347 e. The Kier molecular flexibility index (Phi) is 9.11. The smallest absolute Gasteiger partial charge is 0.243 e. The summed E-state index contributed by atoms with van der Waals surface area (Å²) in [4.78, 5) is 23.8. The molecule has 1 aromatic carbocycles. The van der Waals surface area contributed by atoms with Gasteiger partial charge < -0.3 is 16.0 Å². The van der Waals surface area contributed by atoms with E-state index in [-0.39, 0.29) is 30.8 Å². The van der Waals surface area contributed by atoms with E-state index in [1.165, 1.54) is 0 Å². The number of hydrogen-bond acceptors (Lipinski definition) is 3. The minimum Gasteiger partial charge on any atom is -0.347 e. The van der Waals surface area contributed by atoms with Crippen LogP contribution in [0.2, 0.25) is 5.02 Å². The highest BCUT2D eigenvalue weighted by Crippen LogP contribution is 2.24. The van der Waals surface area contributed by atoms with E-state index in [2.05, 4.69) is 22.9 Å². The van der Waals surface area contributed by atoms with E-state index >= 15 is 0 Å². The Morgan fingerprint density at radius 1 is 1.21 bits per heavy atom. The zero-order chi connectivity index (χ0) is 16.7. The summed E-state index contributed by atoms with van der Waals surface area (Å²) in [5.74, 6) is 0.624. The summed E-state index contributed by atoms with van der Waals surface area (Å²) >= 11 is 5.79. The second kappa shape index (κ2) is 10.5. The number of carbonyl (C=O) groups is 2. The van der Waals surface area contributed by atoms with E-state index in [0.29, 0.717) is 29.0 Å². The van der Waals surface area contributed by atoms with Crippen LogP contribution in [0, 0.1) is 11.8 Å². The Morgan fingerprint density at radius 3 is 2.46 bits per heavy atom. The Balaban J connectivity index is 0.00000288. The first kappa shape index (κ1) is 20.7. The molecule has 3 N–H and O–H groups in total. The molecule has 1 aliphatic heterocycles. The first-order chi connectivity index (χ1) is 11.0. The molecule has 0 spiro atoms. The van der Waals surface area contributed by atoms with Gasteiger partial charge in [-0.25, -0.2) is 0 Å². The zero-order valence-corrected chi connectivity index (χ0v) is 15.4. The molecular weight excluding hydrogens is 349 g/mol. The van der Waals surface area contributed by atoms with Crippen LogP contribution in [0.3, 0.4) is 0 Å². The molecule has 2 rings (SSSR count). The fourth-order valence-electron chi connectivity index (χ4n) is 2.86. The highest BCUT2D eigenvalue weighted by Gasteiger charge is 2.22. The van der Waals surface area contributed by atoms with Crippen LogP contribution in [-0.4, -0.2) is 31.4 Å². The molecule has 1 aliphatic rings. The first-order valence-electron chi connectivity index (χ1n) is 8.07. The summed E-state index contributed by atoms with van der Waals surface area (Å²) in [6.07, 6.45) is 2.70. The molecule has 1 heterocycles. The molecule has 24 heavy (non-hydrogen) atoms. The van der Waals surface area contributed by atoms with Crippen LogP contribution in [0.15, 0.2) is 24.3 Å². The van der Waals surface area contributed by atoms with Crippen LogP contribution < -0.4 is 16.0 Å². The van der Waals surface area contributed by atoms with Crippen molar-refractivity contribution < 1.29 is 9.59 Å². The highest BCUT2D eigenvalue weighted by atomic mass is 35.5. The summed E-state index contributed by atoms with van der Waals surface area (Å²) in [5.41, 5.74) is 0.664. The van der Waals surface area contributed by atoms with Gasteiger partial charge in [0.05, 0.1) is 6.54 Å². The fourth-order valence-corrected chi connectivity index (χ4v) is 2.99. The van der Waals surface area contributed by atoms with Gasteiger partial charge in [0.2, 0.25) is 11.8 Å². The van der Waals surface area contributed by atoms with Gasteiger partial charge in [0.25, 0.3) is 0 Å². The molecular formula is C17H25Cl2N3O2. The summed E-state index contributed by atoms with van der Waals surface area (Å²) in [7, 11) is 0. The lowest BCUT2D eigenvalue weighted by molar-refractivity contribution is -0.125. The van der Waals surface area contributed by atoms with Crippen molar-refractivity contribution in [1.82, 2.24) is 10.6 Å². The Labute approximate surface area is 154 Å². The molecule has 7 heteroatoms. The maximum atomic E-state index is 12.0. The molecule has 1 saturated heterocycles. The summed E-state index contributed by atoms with van der Waals surface area (Å²) in [5, 5.41) is 9.35. The average molecular weight is 374 g/mol. The molecule has 0 saturated carbocycles. The second-order valence-electron chi connectivity index (χ2n) is 6.10. The SMILES string of the molecule is CC(CC(=O)NCC(=O)Nc1ccc(Cl)cc1)C1CCNCC1.Cl. The first-order valence-corrected chi connectivity index (χ1v) is 8.45. The number of anilines is 1. The van der Waals surface area contributed by atoms with Crippen molar-refractivity contribution in [2.75, 3.05) is 25.0 Å². The van der Waals surface area contributed by atoms with E-state index < -0.39 is 0 Å². The molecule has 1 fully saturated rings. The quantitative estimate of drug-likeness (QED) is 0.717. The number of amides is 2. The number of nitrogens with one attached hydrogen (secondary N) is 3. The molecule has 0 radical (unpaired) electrons. The van der Waals surface area contributed by atoms with Crippen LogP contribution in [0.5, 0.6) is 0 Å². The lowest BCUT2D eigenvalue weighted by Crippen LogP contribution is -2.36. The second-order valence-corrected chi connectivity index (χ2v) is 6.54. The van der Waals surface area contributed by atoms with Crippen LogP contribution in [0.4, 0.5) is 5.69 Å². The van der Waals surface area contributed by atoms with Crippen molar-refractivity contribution >= 4 is 41.5 Å². The van der Waals surface area contributed by atoms with Gasteiger partial charge in [-0.15, -0.1) is 12.4 Å². The van der Waals surface area contributed by atoms with Gasteiger partial charge in [-0.05, 0) is 62.0 Å². The lowest BCUT2D eigenvalue weighted by Gasteiger charge is -2.27. The number of rotatable bonds is 6. The molecule has 0 aromatic heterocycles. The number of hydrogen-bond donors (Lipinski definition) is 3. The van der Waals surface area contributed by atoms with E-state index in [0.717, 1.165) is 25.9 Å². The summed E-state index contributed by atoms with van der Waals surface area (Å²) in [6, 6.07) is 6.86. The van der Waals surface area contributed by atoms with Crippen molar-refractivity contribution in [3.63, 3.8) is 0 Å². The minimum atomic E-state index is -0.241. The van der Waals surface area contributed by atoms with E-state index in [1.54, 1.807) is 24.3 Å². The average Bonchev–Trinajstić information content (AvgIpc) is 2.56. The number of carbonyl (C=O) groups excluding carboxylic acids is 2. The van der Waals surface area contributed by atoms with Gasteiger partial charge in [0.1, 0.15) is 0 Å². The van der Waals surface area contributed by atoms with E-state index in [4.69, 9.17) is 11.6 Å². The predicted octanol–water partition coefficient (Wildman–Crippen LogP) is 2.84. The van der Waals surface area contributed by atoms with Gasteiger partial charge in [0, 0.05) is 17.1 Å². The van der Waals surface area contributed by atoms with Crippen LogP contribution in [-0.2, 0) is 9.59 Å². The van der Waals surface area contributed by atoms with E-state index in [1.807, 2.05) is 0 Å². The topological polar surface area (TPSA) is 70.2 Å². The van der Waals surface area contributed by atoms with Gasteiger partial charge in [-0.2, -0.15) is 0 Å². The fraction of sp³-hybridized carbons (Fsp3) is 0.529. The third-order valence-corrected chi connectivity index (χ3v) is 4.52. The Hall–Kier alpha value is -1.30. The normalized spacial score (nSPS) is 15.9. The van der Waals surface area contributed by atoms with E-state index in [9.17, 15) is 9.59 Å². The van der Waals surface area contributed by atoms with Gasteiger partial charge in [-0.1, -0.05) is 18.5 Å². The molecule has 1 aromatic rings. The Morgan fingerprint density at radius 2 is 1.83 bits per heavy atom. The van der Waals surface area contributed by atoms with Gasteiger partial charge in [-0.3, -0.25) is 9.59 Å². The van der Waals surface area contributed by atoms with Crippen molar-refractivity contribution in [1.29, 1.82) is 0 Å². The molecule has 134 valence electrons. The summed E-state index contributed by atoms with van der Waals surface area (Å²) in [6.45, 7) is 4.16. The maximum absolute atomic E-state index is 12.0. The molecule has 2 amide bonds. The summed E-state index contributed by atoms with van der Waals surface area (Å²) < 4.78 is 0. The number of benzene rings is 1. The highest BCUT2D eigenvalue weighted by molar-refractivity contribution is 6.30. The predicted molar refractivity (Wildman–Crippen MR) is 99.7 cm³/mol. The molecule has 1 atom stereocenters. The van der Waals surface area contributed by atoms with Crippen LogP contribution in [0.25, 0.3) is 0 Å². The maximum Gasteiger partial charge on any atom is 0.243 e. The standard InChI is InChI=1S/C17H24ClN3O2.ClH/c1-12(13-6-8-19-9-7-13)10-16(22)20-11-17(23)21-15-4-2-14(18)3-5-15;/h2-5,12-13,19H,6-11H2,1H3,(H,20,22)(H,21,23);1H. The monoisotopic (exact) mass is 373 g/mol. The third-order valence-electron chi connectivity index (χ3n) is 4.27. The van der Waals surface area contributed by atoms with Crippen molar-refractivity contribution in [2.24, 2.45) is 11.8 Å². The molecule has 1 unspecified atom stereocenters. The van der Waals surface area contributed by atoms with Crippen molar-refractivity contribution in [3.05, 3.63) is 29.3 Å². The minimum absolute atomic E-state index is 0. The molecule has 0 aliphatic carbocycles. The van der Waals surface area contributed by atoms with Crippen molar-refractivity contribution in [2.45, 2.75) is 26.2 Å². The van der Waals surface area contributed by atoms with Gasteiger partial charge in [0.15, 0.2) is 0 Å². The van der Waals surface area contributed by atoms with Gasteiger partial charge >= 0.3 is 0 Å². The van der Waals surface area contributed by atoms with Crippen LogP contribution in [0.1, 0.15) is 26.2 Å². The molecule has 5 nitrogen and oxygen atoms in total. The third kappa shape index (κ3) is 7.07. The molecule has 0 bridgehead atoms. The number of halogens is 2. The Bertz CT molecular complexity index is 531. The van der Waals surface area contributed by atoms with Crippen LogP contribution >= 0.6 is 24.0 Å². The zero-order valence-electron chi connectivity index (χ0n) is 13.8. The lowest BCUT2D eigenvalue weighted by atomic mass is 9.84. The number of piperidine rings is 1. The van der Waals surface area contributed by atoms with Crippen molar-refractivity contribution in [3.8, 4) is 0 Å².